The molecule has 1 atom stereocenters. The number of hydrogen-bond acceptors (Lipinski definition) is 2. The minimum absolute atomic E-state index is 0.447. The van der Waals surface area contributed by atoms with E-state index in [-0.39, 0.29) is 0 Å². The van der Waals surface area contributed by atoms with E-state index in [4.69, 9.17) is 0 Å². The van der Waals surface area contributed by atoms with Crippen molar-refractivity contribution in [3.63, 3.8) is 0 Å². The first-order valence-corrected chi connectivity index (χ1v) is 8.70. The molecule has 0 aromatic heterocycles. The molecular formula is C17H27BrN2. The first kappa shape index (κ1) is 16.0. The van der Waals surface area contributed by atoms with Gasteiger partial charge in [-0.3, -0.25) is 0 Å². The van der Waals surface area contributed by atoms with Gasteiger partial charge in [-0.05, 0) is 50.6 Å². The summed E-state index contributed by atoms with van der Waals surface area (Å²) in [6, 6.07) is 9.94. The van der Waals surface area contributed by atoms with E-state index in [1.165, 1.54) is 55.2 Å². The van der Waals surface area contributed by atoms with E-state index >= 15 is 0 Å². The zero-order chi connectivity index (χ0) is 14.4. The fourth-order valence-electron chi connectivity index (χ4n) is 3.36. The van der Waals surface area contributed by atoms with Crippen molar-refractivity contribution < 1.29 is 0 Å². The molecule has 1 aromatic carbocycles. The van der Waals surface area contributed by atoms with Gasteiger partial charge in [0.25, 0.3) is 0 Å². The maximum absolute atomic E-state index is 3.57. The van der Waals surface area contributed by atoms with Gasteiger partial charge in [0.05, 0.1) is 0 Å². The first-order valence-electron chi connectivity index (χ1n) is 7.91. The molecular weight excluding hydrogens is 312 g/mol. The summed E-state index contributed by atoms with van der Waals surface area (Å²) >= 11 is 3.57. The monoisotopic (exact) mass is 338 g/mol. The van der Waals surface area contributed by atoms with Crippen LogP contribution in [0.1, 0.15) is 50.6 Å². The highest BCUT2D eigenvalue weighted by atomic mass is 79.9. The Morgan fingerprint density at radius 2 is 2.10 bits per heavy atom. The Morgan fingerprint density at radius 1 is 1.35 bits per heavy atom. The van der Waals surface area contributed by atoms with Crippen LogP contribution < -0.4 is 5.32 Å². The fraction of sp³-hybridized carbons (Fsp3) is 0.647. The molecule has 1 aliphatic carbocycles. The van der Waals surface area contributed by atoms with Gasteiger partial charge >= 0.3 is 0 Å². The van der Waals surface area contributed by atoms with Gasteiger partial charge in [-0.1, -0.05) is 47.8 Å². The topological polar surface area (TPSA) is 15.3 Å². The lowest BCUT2D eigenvalue weighted by Crippen LogP contribution is -2.35. The van der Waals surface area contributed by atoms with Gasteiger partial charge in [0.1, 0.15) is 0 Å². The molecule has 3 heteroatoms. The van der Waals surface area contributed by atoms with E-state index in [1.54, 1.807) is 0 Å². The third kappa shape index (κ3) is 4.31. The van der Waals surface area contributed by atoms with Crippen LogP contribution in [0.25, 0.3) is 0 Å². The highest BCUT2D eigenvalue weighted by molar-refractivity contribution is 9.10. The van der Waals surface area contributed by atoms with Gasteiger partial charge in [0, 0.05) is 23.1 Å². The molecule has 1 N–H and O–H groups in total. The molecule has 112 valence electrons. The summed E-state index contributed by atoms with van der Waals surface area (Å²) in [5.41, 5.74) is 1.38. The zero-order valence-electron chi connectivity index (χ0n) is 12.7. The number of halogens is 1. The van der Waals surface area contributed by atoms with Crippen LogP contribution in [-0.4, -0.2) is 31.1 Å². The highest BCUT2D eigenvalue weighted by Gasteiger charge is 2.22. The normalized spacial score (nSPS) is 17.8. The molecule has 0 aliphatic heterocycles. The molecule has 0 radical (unpaired) electrons. The van der Waals surface area contributed by atoms with E-state index < -0.39 is 0 Å². The first-order chi connectivity index (χ1) is 9.74. The fourth-order valence-corrected chi connectivity index (χ4v) is 3.78. The van der Waals surface area contributed by atoms with Crippen LogP contribution in [0.3, 0.4) is 0 Å². The second-order valence-electron chi connectivity index (χ2n) is 5.75. The van der Waals surface area contributed by atoms with Crippen molar-refractivity contribution >= 4 is 15.9 Å². The van der Waals surface area contributed by atoms with Crippen molar-refractivity contribution in [3.05, 3.63) is 34.3 Å². The molecule has 1 unspecified atom stereocenters. The van der Waals surface area contributed by atoms with Crippen molar-refractivity contribution in [3.8, 4) is 0 Å². The largest absolute Gasteiger partial charge is 0.313 e. The van der Waals surface area contributed by atoms with Crippen LogP contribution in [-0.2, 0) is 0 Å². The molecule has 0 amide bonds. The maximum atomic E-state index is 3.57. The Labute approximate surface area is 132 Å². The van der Waals surface area contributed by atoms with E-state index in [1.807, 2.05) is 0 Å². The number of nitrogens with one attached hydrogen (secondary N) is 1. The Kier molecular flexibility index (Phi) is 6.53. The Hall–Kier alpha value is -0.380. The smallest absolute Gasteiger partial charge is 0.0330 e. The maximum Gasteiger partial charge on any atom is 0.0330 e. The standard InChI is InChI=1S/C17H27BrN2/c1-3-20(16-9-4-5-10-16)12-11-17(19-2)14-7-6-8-15(18)13-14/h6-8,13,16-17,19H,3-5,9-12H2,1-2H3. The van der Waals surface area contributed by atoms with Crippen LogP contribution >= 0.6 is 15.9 Å². The lowest BCUT2D eigenvalue weighted by atomic mass is 10.0. The minimum atomic E-state index is 0.447. The summed E-state index contributed by atoms with van der Waals surface area (Å²) in [5.74, 6) is 0. The second-order valence-corrected chi connectivity index (χ2v) is 6.67. The highest BCUT2D eigenvalue weighted by Crippen LogP contribution is 2.25. The third-order valence-corrected chi connectivity index (χ3v) is 5.05. The van der Waals surface area contributed by atoms with E-state index in [0.29, 0.717) is 6.04 Å². The third-order valence-electron chi connectivity index (χ3n) is 4.55. The van der Waals surface area contributed by atoms with Crippen molar-refractivity contribution in [1.29, 1.82) is 0 Å². The molecule has 2 rings (SSSR count). The van der Waals surface area contributed by atoms with Gasteiger partial charge in [-0.15, -0.1) is 0 Å². The summed E-state index contributed by atoms with van der Waals surface area (Å²) in [4.78, 5) is 2.68. The van der Waals surface area contributed by atoms with Crippen molar-refractivity contribution in [2.45, 2.75) is 51.1 Å². The van der Waals surface area contributed by atoms with Crippen LogP contribution in [0.2, 0.25) is 0 Å². The number of nitrogens with zero attached hydrogens (tertiary/aromatic N) is 1. The number of rotatable bonds is 7. The lowest BCUT2D eigenvalue weighted by Gasteiger charge is -2.29. The molecule has 0 bridgehead atoms. The van der Waals surface area contributed by atoms with Crippen LogP contribution in [0.15, 0.2) is 28.7 Å². The molecule has 0 saturated heterocycles. The number of benzene rings is 1. The van der Waals surface area contributed by atoms with Crippen molar-refractivity contribution in [1.82, 2.24) is 10.2 Å². The SMILES string of the molecule is CCN(CCC(NC)c1cccc(Br)c1)C1CCCC1. The van der Waals surface area contributed by atoms with E-state index in [0.717, 1.165) is 6.04 Å². The number of hydrogen-bond donors (Lipinski definition) is 1. The summed E-state index contributed by atoms with van der Waals surface area (Å²) in [6.07, 6.45) is 6.81. The molecule has 0 spiro atoms. The molecule has 2 nitrogen and oxygen atoms in total. The van der Waals surface area contributed by atoms with Gasteiger partial charge in [0.15, 0.2) is 0 Å². The van der Waals surface area contributed by atoms with E-state index in [2.05, 4.69) is 64.4 Å². The van der Waals surface area contributed by atoms with Crippen LogP contribution in [0, 0.1) is 0 Å². The zero-order valence-corrected chi connectivity index (χ0v) is 14.3. The second kappa shape index (κ2) is 8.16. The average Bonchev–Trinajstić information content (AvgIpc) is 2.98. The summed E-state index contributed by atoms with van der Waals surface area (Å²) in [6.45, 7) is 4.67. The molecule has 0 heterocycles. The predicted octanol–water partition coefficient (Wildman–Crippen LogP) is 4.36. The van der Waals surface area contributed by atoms with Crippen molar-refractivity contribution in [2.75, 3.05) is 20.1 Å². The molecule has 20 heavy (non-hydrogen) atoms. The Balaban J connectivity index is 1.92. The van der Waals surface area contributed by atoms with E-state index in [9.17, 15) is 0 Å². The molecule has 1 fully saturated rings. The Bertz CT molecular complexity index is 402. The lowest BCUT2D eigenvalue weighted by molar-refractivity contribution is 0.199. The average molecular weight is 339 g/mol. The summed E-state index contributed by atoms with van der Waals surface area (Å²) in [5, 5.41) is 3.47. The van der Waals surface area contributed by atoms with Gasteiger partial charge in [-0.25, -0.2) is 0 Å². The van der Waals surface area contributed by atoms with Gasteiger partial charge < -0.3 is 10.2 Å². The molecule has 1 aromatic rings. The van der Waals surface area contributed by atoms with Crippen LogP contribution in [0.4, 0.5) is 0 Å². The minimum Gasteiger partial charge on any atom is -0.313 e. The quantitative estimate of drug-likeness (QED) is 0.794. The van der Waals surface area contributed by atoms with Gasteiger partial charge in [0.2, 0.25) is 0 Å². The van der Waals surface area contributed by atoms with Crippen LogP contribution in [0.5, 0.6) is 0 Å². The predicted molar refractivity (Wildman–Crippen MR) is 90.1 cm³/mol. The van der Waals surface area contributed by atoms with Gasteiger partial charge in [-0.2, -0.15) is 0 Å². The summed E-state index contributed by atoms with van der Waals surface area (Å²) < 4.78 is 1.17. The Morgan fingerprint density at radius 3 is 2.70 bits per heavy atom. The molecule has 1 saturated carbocycles. The van der Waals surface area contributed by atoms with Crippen molar-refractivity contribution in [2.24, 2.45) is 0 Å². The molecule has 1 aliphatic rings. The summed E-state index contributed by atoms with van der Waals surface area (Å²) in [7, 11) is 2.07.